The normalized spacial score (nSPS) is 17.8. The third-order valence-corrected chi connectivity index (χ3v) is 4.99. The van der Waals surface area contributed by atoms with Crippen molar-refractivity contribution >= 4 is 11.8 Å². The molecule has 1 aromatic carbocycles. The summed E-state index contributed by atoms with van der Waals surface area (Å²) in [5, 5.41) is 5.82. The van der Waals surface area contributed by atoms with Crippen molar-refractivity contribution in [2.75, 3.05) is 33.2 Å². The Hall–Kier alpha value is -1.92. The molecule has 26 heavy (non-hydrogen) atoms. The highest BCUT2D eigenvalue weighted by Gasteiger charge is 2.31. The van der Waals surface area contributed by atoms with Crippen LogP contribution < -0.4 is 10.6 Å². The Morgan fingerprint density at radius 2 is 1.65 bits per heavy atom. The number of benzene rings is 1. The van der Waals surface area contributed by atoms with Crippen molar-refractivity contribution in [3.05, 3.63) is 35.9 Å². The number of carbonyl (C=O) groups is 2. The molecule has 0 aromatic heterocycles. The van der Waals surface area contributed by atoms with Crippen LogP contribution in [0.3, 0.4) is 0 Å². The maximum atomic E-state index is 12.9. The van der Waals surface area contributed by atoms with Crippen LogP contribution in [0.1, 0.15) is 26.3 Å². The fourth-order valence-corrected chi connectivity index (χ4v) is 3.09. The Balaban J connectivity index is 1.89. The standard InChI is InChI=1S/C20H32N4O2/c1-15(2)18(22-19(25)16(3)21-4)20(26)24-12-10-23(11-13-24)14-17-8-6-5-7-9-17/h5-9,15-16,18,21H,10-14H2,1-4H3,(H,22,25)/t16-,18-/m0/s1. The minimum absolute atomic E-state index is 0.0241. The van der Waals surface area contributed by atoms with Crippen LogP contribution in [0.4, 0.5) is 0 Å². The Kier molecular flexibility index (Phi) is 7.60. The zero-order valence-electron chi connectivity index (χ0n) is 16.4. The van der Waals surface area contributed by atoms with Gasteiger partial charge in [0.05, 0.1) is 6.04 Å². The van der Waals surface area contributed by atoms with E-state index in [9.17, 15) is 9.59 Å². The van der Waals surface area contributed by atoms with E-state index in [1.165, 1.54) is 5.56 Å². The average Bonchev–Trinajstić information content (AvgIpc) is 2.65. The van der Waals surface area contributed by atoms with Crippen LogP contribution in [0.25, 0.3) is 0 Å². The van der Waals surface area contributed by atoms with Gasteiger partial charge in [0.1, 0.15) is 6.04 Å². The lowest BCUT2D eigenvalue weighted by Gasteiger charge is -2.37. The lowest BCUT2D eigenvalue weighted by atomic mass is 10.0. The first kappa shape index (κ1) is 20.4. The van der Waals surface area contributed by atoms with Crippen LogP contribution in [0.2, 0.25) is 0 Å². The van der Waals surface area contributed by atoms with E-state index in [1.807, 2.05) is 24.8 Å². The number of likely N-dealkylation sites (N-methyl/N-ethyl adjacent to an activating group) is 1. The van der Waals surface area contributed by atoms with Gasteiger partial charge in [0.2, 0.25) is 11.8 Å². The van der Waals surface area contributed by atoms with Crippen molar-refractivity contribution < 1.29 is 9.59 Å². The number of rotatable bonds is 7. The van der Waals surface area contributed by atoms with E-state index >= 15 is 0 Å². The largest absolute Gasteiger partial charge is 0.343 e. The minimum atomic E-state index is -0.473. The van der Waals surface area contributed by atoms with E-state index in [0.29, 0.717) is 13.1 Å². The van der Waals surface area contributed by atoms with Gasteiger partial charge in [-0.2, -0.15) is 0 Å². The van der Waals surface area contributed by atoms with Gasteiger partial charge in [-0.05, 0) is 25.5 Å². The molecule has 0 saturated carbocycles. The summed E-state index contributed by atoms with van der Waals surface area (Å²) in [6.45, 7) is 9.75. The van der Waals surface area contributed by atoms with Crippen LogP contribution in [0.15, 0.2) is 30.3 Å². The fraction of sp³-hybridized carbons (Fsp3) is 0.600. The number of piperazine rings is 1. The summed E-state index contributed by atoms with van der Waals surface area (Å²) >= 11 is 0. The SMILES string of the molecule is CN[C@@H](C)C(=O)N[C@H](C(=O)N1CCN(Cc2ccccc2)CC1)C(C)C. The van der Waals surface area contributed by atoms with E-state index in [1.54, 1.807) is 14.0 Å². The second kappa shape index (κ2) is 9.69. The highest BCUT2D eigenvalue weighted by molar-refractivity contribution is 5.89. The number of carbonyl (C=O) groups excluding carboxylic acids is 2. The second-order valence-electron chi connectivity index (χ2n) is 7.33. The molecule has 0 radical (unpaired) electrons. The molecule has 1 heterocycles. The van der Waals surface area contributed by atoms with Crippen molar-refractivity contribution in [2.45, 2.75) is 39.4 Å². The van der Waals surface area contributed by atoms with Crippen molar-refractivity contribution in [1.82, 2.24) is 20.4 Å². The van der Waals surface area contributed by atoms with Crippen molar-refractivity contribution in [1.29, 1.82) is 0 Å². The van der Waals surface area contributed by atoms with Gasteiger partial charge in [0.25, 0.3) is 0 Å². The predicted molar refractivity (Wildman–Crippen MR) is 104 cm³/mol. The Labute approximate surface area is 156 Å². The third kappa shape index (κ3) is 5.54. The molecule has 0 unspecified atom stereocenters. The van der Waals surface area contributed by atoms with Crippen LogP contribution in [0.5, 0.6) is 0 Å². The number of hydrogen-bond acceptors (Lipinski definition) is 4. The highest BCUT2D eigenvalue weighted by atomic mass is 16.2. The van der Waals surface area contributed by atoms with Gasteiger partial charge in [-0.25, -0.2) is 0 Å². The van der Waals surface area contributed by atoms with E-state index in [-0.39, 0.29) is 23.8 Å². The topological polar surface area (TPSA) is 64.7 Å². The van der Waals surface area contributed by atoms with Gasteiger partial charge < -0.3 is 15.5 Å². The maximum absolute atomic E-state index is 12.9. The van der Waals surface area contributed by atoms with Crippen molar-refractivity contribution in [3.63, 3.8) is 0 Å². The summed E-state index contributed by atoms with van der Waals surface area (Å²) in [7, 11) is 1.74. The molecular weight excluding hydrogens is 328 g/mol. The molecule has 6 nitrogen and oxygen atoms in total. The summed E-state index contributed by atoms with van der Waals surface area (Å²) in [6.07, 6.45) is 0. The molecule has 2 N–H and O–H groups in total. The molecular formula is C20H32N4O2. The van der Waals surface area contributed by atoms with E-state index in [4.69, 9.17) is 0 Å². The molecule has 1 aliphatic rings. The van der Waals surface area contributed by atoms with Crippen LogP contribution >= 0.6 is 0 Å². The van der Waals surface area contributed by atoms with Gasteiger partial charge in [0, 0.05) is 32.7 Å². The van der Waals surface area contributed by atoms with Crippen LogP contribution in [-0.2, 0) is 16.1 Å². The molecule has 1 saturated heterocycles. The fourth-order valence-electron chi connectivity index (χ4n) is 3.09. The number of hydrogen-bond donors (Lipinski definition) is 2. The molecule has 2 rings (SSSR count). The van der Waals surface area contributed by atoms with Crippen LogP contribution in [-0.4, -0.2) is 66.9 Å². The molecule has 0 spiro atoms. The van der Waals surface area contributed by atoms with Crippen molar-refractivity contribution in [3.8, 4) is 0 Å². The summed E-state index contributed by atoms with van der Waals surface area (Å²) in [4.78, 5) is 29.4. The molecule has 1 aliphatic heterocycles. The highest BCUT2D eigenvalue weighted by Crippen LogP contribution is 2.12. The summed E-state index contributed by atoms with van der Waals surface area (Å²) < 4.78 is 0. The van der Waals surface area contributed by atoms with E-state index in [0.717, 1.165) is 19.6 Å². The van der Waals surface area contributed by atoms with Gasteiger partial charge in [0.15, 0.2) is 0 Å². The monoisotopic (exact) mass is 360 g/mol. The lowest BCUT2D eigenvalue weighted by molar-refractivity contribution is -0.139. The second-order valence-corrected chi connectivity index (χ2v) is 7.33. The minimum Gasteiger partial charge on any atom is -0.343 e. The molecule has 0 aliphatic carbocycles. The molecule has 2 atom stereocenters. The van der Waals surface area contributed by atoms with Gasteiger partial charge in [-0.1, -0.05) is 44.2 Å². The molecule has 1 aromatic rings. The number of amides is 2. The van der Waals surface area contributed by atoms with Crippen molar-refractivity contribution in [2.24, 2.45) is 5.92 Å². The average molecular weight is 361 g/mol. The summed E-state index contributed by atoms with van der Waals surface area (Å²) in [5.41, 5.74) is 1.29. The molecule has 144 valence electrons. The molecule has 0 bridgehead atoms. The first-order valence-corrected chi connectivity index (χ1v) is 9.45. The zero-order chi connectivity index (χ0) is 19.1. The first-order valence-electron chi connectivity index (χ1n) is 9.45. The first-order chi connectivity index (χ1) is 12.4. The van der Waals surface area contributed by atoms with E-state index in [2.05, 4.69) is 39.8 Å². The summed E-state index contributed by atoms with van der Waals surface area (Å²) in [6, 6.07) is 9.60. The molecule has 6 heteroatoms. The Morgan fingerprint density at radius 3 is 2.19 bits per heavy atom. The Morgan fingerprint density at radius 1 is 1.04 bits per heavy atom. The van der Waals surface area contributed by atoms with Gasteiger partial charge in [-0.15, -0.1) is 0 Å². The summed E-state index contributed by atoms with van der Waals surface area (Å²) in [5.74, 6) is -0.0591. The molecule has 2 amide bonds. The zero-order valence-corrected chi connectivity index (χ0v) is 16.4. The Bertz CT molecular complexity index is 583. The molecule has 1 fully saturated rings. The van der Waals surface area contributed by atoms with Gasteiger partial charge >= 0.3 is 0 Å². The maximum Gasteiger partial charge on any atom is 0.245 e. The lowest BCUT2D eigenvalue weighted by Crippen LogP contribution is -2.57. The van der Waals surface area contributed by atoms with E-state index < -0.39 is 6.04 Å². The smallest absolute Gasteiger partial charge is 0.245 e. The number of nitrogens with one attached hydrogen (secondary N) is 2. The predicted octanol–water partition coefficient (Wildman–Crippen LogP) is 1.08. The number of nitrogens with zero attached hydrogens (tertiary/aromatic N) is 2. The van der Waals surface area contributed by atoms with Crippen LogP contribution in [0, 0.1) is 5.92 Å². The quantitative estimate of drug-likeness (QED) is 0.764. The van der Waals surface area contributed by atoms with Gasteiger partial charge in [-0.3, -0.25) is 14.5 Å². The third-order valence-electron chi connectivity index (χ3n) is 4.99.